The molecule has 0 aliphatic carbocycles. The van der Waals surface area contributed by atoms with E-state index in [2.05, 4.69) is 4.74 Å². The van der Waals surface area contributed by atoms with Gasteiger partial charge >= 0.3 is 5.97 Å². The van der Waals surface area contributed by atoms with Crippen LogP contribution in [0.4, 0.5) is 0 Å². The van der Waals surface area contributed by atoms with E-state index in [0.717, 1.165) is 0 Å². The van der Waals surface area contributed by atoms with Crippen molar-refractivity contribution in [3.8, 4) is 0 Å². The van der Waals surface area contributed by atoms with Gasteiger partial charge in [0.1, 0.15) is 6.04 Å². The maximum absolute atomic E-state index is 10.2. The smallest absolute Gasteiger partial charge is 0.320 e. The van der Waals surface area contributed by atoms with Crippen LogP contribution in [0.1, 0.15) is 6.42 Å². The van der Waals surface area contributed by atoms with Crippen LogP contribution in [0.3, 0.4) is 0 Å². The van der Waals surface area contributed by atoms with Crippen LogP contribution in [-0.4, -0.2) is 42.0 Å². The maximum Gasteiger partial charge on any atom is 0.320 e. The number of aliphatic carboxylic acids is 1. The van der Waals surface area contributed by atoms with E-state index in [1.54, 1.807) is 0 Å². The third-order valence-electron chi connectivity index (χ3n) is 1.20. The van der Waals surface area contributed by atoms with Crippen molar-refractivity contribution in [1.29, 1.82) is 0 Å². The monoisotopic (exact) mass is 163 g/mol. The van der Waals surface area contributed by atoms with E-state index in [-0.39, 0.29) is 13.0 Å². The molecule has 4 N–H and O–H groups in total. The van der Waals surface area contributed by atoms with Crippen LogP contribution in [0.25, 0.3) is 0 Å². The number of ether oxygens (including phenoxy) is 1. The van der Waals surface area contributed by atoms with Gasteiger partial charge in [-0.3, -0.25) is 4.79 Å². The number of hydrogen-bond donors (Lipinski definition) is 3. The predicted octanol–water partition coefficient (Wildman–Crippen LogP) is -1.20. The van der Waals surface area contributed by atoms with E-state index in [4.69, 9.17) is 15.9 Å². The number of aliphatic hydroxyl groups excluding tert-OH is 1. The summed E-state index contributed by atoms with van der Waals surface area (Å²) in [4.78, 5) is 10.2. The highest BCUT2D eigenvalue weighted by Gasteiger charge is 2.16. The summed E-state index contributed by atoms with van der Waals surface area (Å²) in [7, 11) is 1.43. The number of hydrogen-bond acceptors (Lipinski definition) is 4. The second kappa shape index (κ2) is 5.06. The summed E-state index contributed by atoms with van der Waals surface area (Å²) in [6.45, 7) is 0.112. The molecular formula is C6H13NO4. The third kappa shape index (κ3) is 4.72. The van der Waals surface area contributed by atoms with Crippen LogP contribution in [0, 0.1) is 0 Å². The van der Waals surface area contributed by atoms with E-state index in [9.17, 15) is 4.79 Å². The molecule has 2 unspecified atom stereocenters. The molecule has 0 amide bonds. The molecule has 0 saturated carbocycles. The number of methoxy groups -OCH3 is 1. The van der Waals surface area contributed by atoms with Crippen molar-refractivity contribution >= 4 is 5.97 Å². The van der Waals surface area contributed by atoms with Gasteiger partial charge in [-0.2, -0.15) is 0 Å². The second-order valence-electron chi connectivity index (χ2n) is 2.29. The van der Waals surface area contributed by atoms with E-state index < -0.39 is 18.1 Å². The van der Waals surface area contributed by atoms with Crippen LogP contribution < -0.4 is 5.73 Å². The topological polar surface area (TPSA) is 92.8 Å². The molecule has 2 atom stereocenters. The van der Waals surface area contributed by atoms with Gasteiger partial charge in [0, 0.05) is 13.5 Å². The average molecular weight is 163 g/mol. The van der Waals surface area contributed by atoms with Crippen molar-refractivity contribution in [2.45, 2.75) is 18.6 Å². The Bertz CT molecular complexity index is 128. The number of carboxylic acids is 1. The van der Waals surface area contributed by atoms with Crippen LogP contribution >= 0.6 is 0 Å². The van der Waals surface area contributed by atoms with Gasteiger partial charge in [0.2, 0.25) is 0 Å². The fraction of sp³-hybridized carbons (Fsp3) is 0.833. The molecule has 0 aliphatic rings. The number of carboxylic acid groups (broad SMARTS) is 1. The summed E-state index contributed by atoms with van der Waals surface area (Å²) in [6, 6.07) is -1.01. The fourth-order valence-electron chi connectivity index (χ4n) is 0.654. The van der Waals surface area contributed by atoms with Gasteiger partial charge in [0.15, 0.2) is 0 Å². The molecule has 0 fully saturated rings. The predicted molar refractivity (Wildman–Crippen MR) is 38.1 cm³/mol. The lowest BCUT2D eigenvalue weighted by Crippen LogP contribution is -2.35. The van der Waals surface area contributed by atoms with Gasteiger partial charge in [0.05, 0.1) is 12.7 Å². The first kappa shape index (κ1) is 10.3. The van der Waals surface area contributed by atoms with Crippen molar-refractivity contribution in [2.24, 2.45) is 5.73 Å². The van der Waals surface area contributed by atoms with Crippen molar-refractivity contribution in [3.63, 3.8) is 0 Å². The van der Waals surface area contributed by atoms with Crippen LogP contribution in [0.5, 0.6) is 0 Å². The standard InChI is InChI=1S/C6H13NO4/c1-11-3-4(8)2-5(7)6(9)10/h4-5,8H,2-3,7H2,1H3,(H,9,10). The molecule has 0 radical (unpaired) electrons. The first-order valence-corrected chi connectivity index (χ1v) is 3.23. The van der Waals surface area contributed by atoms with Gasteiger partial charge in [0.25, 0.3) is 0 Å². The number of aliphatic hydroxyl groups is 1. The molecule has 0 spiro atoms. The highest BCUT2D eigenvalue weighted by Crippen LogP contribution is 1.96. The second-order valence-corrected chi connectivity index (χ2v) is 2.29. The Kier molecular flexibility index (Phi) is 4.76. The molecule has 0 rings (SSSR count). The van der Waals surface area contributed by atoms with E-state index in [0.29, 0.717) is 0 Å². The molecular weight excluding hydrogens is 150 g/mol. The van der Waals surface area contributed by atoms with Crippen molar-refractivity contribution in [3.05, 3.63) is 0 Å². The molecule has 0 aromatic rings. The molecule has 0 heterocycles. The average Bonchev–Trinajstić information content (AvgIpc) is 1.87. The minimum absolute atomic E-state index is 0.0170. The third-order valence-corrected chi connectivity index (χ3v) is 1.20. The largest absolute Gasteiger partial charge is 0.480 e. The Balaban J connectivity index is 3.56. The van der Waals surface area contributed by atoms with Gasteiger partial charge in [-0.05, 0) is 0 Å². The van der Waals surface area contributed by atoms with Crippen molar-refractivity contribution in [1.82, 2.24) is 0 Å². The molecule has 0 aromatic heterocycles. The Hall–Kier alpha value is -0.650. The van der Waals surface area contributed by atoms with E-state index in [1.165, 1.54) is 7.11 Å². The minimum atomic E-state index is -1.11. The highest BCUT2D eigenvalue weighted by atomic mass is 16.5. The molecule has 0 aliphatic heterocycles. The first-order chi connectivity index (χ1) is 5.07. The quantitative estimate of drug-likeness (QED) is 0.473. The van der Waals surface area contributed by atoms with Crippen molar-refractivity contribution in [2.75, 3.05) is 13.7 Å². The molecule has 5 nitrogen and oxygen atoms in total. The Labute approximate surface area is 64.8 Å². The first-order valence-electron chi connectivity index (χ1n) is 3.23. The summed E-state index contributed by atoms with van der Waals surface area (Å²) in [5, 5.41) is 17.3. The van der Waals surface area contributed by atoms with Gasteiger partial charge < -0.3 is 20.7 Å². The lowest BCUT2D eigenvalue weighted by Gasteiger charge is -2.11. The number of nitrogens with two attached hydrogens (primary N) is 1. The molecule has 0 bridgehead atoms. The summed E-state index contributed by atoms with van der Waals surface area (Å²) in [5.41, 5.74) is 5.13. The number of carbonyl (C=O) groups is 1. The van der Waals surface area contributed by atoms with E-state index >= 15 is 0 Å². The molecule has 5 heteroatoms. The normalized spacial score (nSPS) is 15.9. The zero-order valence-corrected chi connectivity index (χ0v) is 6.36. The minimum Gasteiger partial charge on any atom is -0.480 e. The fourth-order valence-corrected chi connectivity index (χ4v) is 0.654. The zero-order valence-electron chi connectivity index (χ0n) is 6.36. The van der Waals surface area contributed by atoms with E-state index in [1.807, 2.05) is 0 Å². The van der Waals surface area contributed by atoms with Gasteiger partial charge in [-0.15, -0.1) is 0 Å². The summed E-state index contributed by atoms with van der Waals surface area (Å²) in [5.74, 6) is -1.11. The summed E-state index contributed by atoms with van der Waals surface area (Å²) < 4.78 is 4.59. The SMILES string of the molecule is COCC(O)CC(N)C(=O)O. The molecule has 0 saturated heterocycles. The Morgan fingerprint density at radius 2 is 2.27 bits per heavy atom. The molecule has 66 valence electrons. The number of rotatable bonds is 5. The summed E-state index contributed by atoms with van der Waals surface area (Å²) >= 11 is 0. The van der Waals surface area contributed by atoms with Crippen LogP contribution in [0.15, 0.2) is 0 Å². The zero-order chi connectivity index (χ0) is 8.85. The Morgan fingerprint density at radius 3 is 2.64 bits per heavy atom. The molecule has 0 aromatic carbocycles. The maximum atomic E-state index is 10.2. The van der Waals surface area contributed by atoms with Gasteiger partial charge in [-0.1, -0.05) is 0 Å². The Morgan fingerprint density at radius 1 is 1.73 bits per heavy atom. The molecule has 11 heavy (non-hydrogen) atoms. The highest BCUT2D eigenvalue weighted by molar-refractivity contribution is 5.73. The summed E-state index contributed by atoms with van der Waals surface area (Å²) in [6.07, 6.45) is -0.783. The van der Waals surface area contributed by atoms with Crippen LogP contribution in [-0.2, 0) is 9.53 Å². The van der Waals surface area contributed by atoms with Crippen LogP contribution in [0.2, 0.25) is 0 Å². The van der Waals surface area contributed by atoms with Gasteiger partial charge in [-0.25, -0.2) is 0 Å². The lowest BCUT2D eigenvalue weighted by atomic mass is 10.1. The lowest BCUT2D eigenvalue weighted by molar-refractivity contribution is -0.139. The van der Waals surface area contributed by atoms with Crippen molar-refractivity contribution < 1.29 is 19.7 Å².